The van der Waals surface area contributed by atoms with Gasteiger partial charge in [0.1, 0.15) is 17.5 Å². The summed E-state index contributed by atoms with van der Waals surface area (Å²) in [4.78, 5) is 27.7. The van der Waals surface area contributed by atoms with E-state index >= 15 is 0 Å². The Morgan fingerprint density at radius 2 is 1.72 bits per heavy atom. The first-order valence-electron chi connectivity index (χ1n) is 10.9. The Labute approximate surface area is 199 Å². The lowest BCUT2D eigenvalue weighted by molar-refractivity contribution is -0.143. The van der Waals surface area contributed by atoms with E-state index in [2.05, 4.69) is 28.2 Å². The van der Waals surface area contributed by atoms with Crippen LogP contribution in [-0.2, 0) is 22.6 Å². The Morgan fingerprint density at radius 3 is 2.25 bits per heavy atom. The van der Waals surface area contributed by atoms with Gasteiger partial charge in [0, 0.05) is 12.6 Å². The molecule has 0 spiro atoms. The number of halogens is 1. The minimum Gasteiger partial charge on any atom is -0.497 e. The van der Waals surface area contributed by atoms with Crippen molar-refractivity contribution in [2.75, 3.05) is 13.7 Å². The fourth-order valence-corrected chi connectivity index (χ4v) is 3.87. The number of methoxy groups -OCH3 is 1. The molecule has 2 amide bonds. The average Bonchev–Trinajstić information content (AvgIpc) is 2.77. The molecule has 0 aromatic heterocycles. The Balaban J connectivity index is 2.22. The number of aryl methyl sites for hydroxylation is 1. The molecule has 0 saturated heterocycles. The van der Waals surface area contributed by atoms with Gasteiger partial charge in [-0.2, -0.15) is 0 Å². The van der Waals surface area contributed by atoms with E-state index in [-0.39, 0.29) is 24.5 Å². The molecule has 0 bridgehead atoms. The molecule has 0 aliphatic rings. The van der Waals surface area contributed by atoms with E-state index in [0.29, 0.717) is 18.7 Å². The van der Waals surface area contributed by atoms with Crippen LogP contribution in [0.5, 0.6) is 11.5 Å². The van der Waals surface area contributed by atoms with Crippen LogP contribution >= 0.6 is 15.9 Å². The normalized spacial score (nSPS) is 11.7. The molecule has 1 N–H and O–H groups in total. The fourth-order valence-electron chi connectivity index (χ4n) is 3.33. The van der Waals surface area contributed by atoms with Crippen LogP contribution in [0.1, 0.15) is 45.2 Å². The number of carbonyl (C=O) groups is 2. The summed E-state index contributed by atoms with van der Waals surface area (Å²) in [5.74, 6) is 0.912. The Kier molecular flexibility index (Phi) is 10.0. The molecule has 32 heavy (non-hydrogen) atoms. The SMILES string of the molecule is CCc1ccc(OCC(=O)N(Cc2ccc(OC)cc2)[C@H](CC)C(=O)NC(C)C)c(Br)c1. The number of rotatable bonds is 11. The maximum Gasteiger partial charge on any atom is 0.261 e. The molecule has 0 heterocycles. The second kappa shape index (κ2) is 12.5. The van der Waals surface area contributed by atoms with Crippen molar-refractivity contribution in [1.29, 1.82) is 0 Å². The summed E-state index contributed by atoms with van der Waals surface area (Å²) < 4.78 is 11.8. The third kappa shape index (κ3) is 7.26. The van der Waals surface area contributed by atoms with Gasteiger partial charge in [0.05, 0.1) is 11.6 Å². The molecule has 2 aromatic carbocycles. The highest BCUT2D eigenvalue weighted by Crippen LogP contribution is 2.26. The van der Waals surface area contributed by atoms with Crippen molar-refractivity contribution in [2.24, 2.45) is 0 Å². The Hall–Kier alpha value is -2.54. The molecule has 0 aliphatic carbocycles. The predicted molar refractivity (Wildman–Crippen MR) is 130 cm³/mol. The van der Waals surface area contributed by atoms with E-state index in [1.807, 2.05) is 63.2 Å². The molecule has 0 unspecified atom stereocenters. The van der Waals surface area contributed by atoms with Gasteiger partial charge < -0.3 is 19.7 Å². The average molecular weight is 505 g/mol. The molecular weight excluding hydrogens is 472 g/mol. The Bertz CT molecular complexity index is 899. The van der Waals surface area contributed by atoms with Gasteiger partial charge in [0.2, 0.25) is 5.91 Å². The third-order valence-electron chi connectivity index (χ3n) is 5.08. The summed E-state index contributed by atoms with van der Waals surface area (Å²) in [6, 6.07) is 12.7. The van der Waals surface area contributed by atoms with Crippen molar-refractivity contribution in [3.8, 4) is 11.5 Å². The number of amides is 2. The number of carbonyl (C=O) groups excluding carboxylic acids is 2. The first kappa shape index (κ1) is 25.7. The topological polar surface area (TPSA) is 67.9 Å². The van der Waals surface area contributed by atoms with E-state index in [0.717, 1.165) is 22.2 Å². The maximum absolute atomic E-state index is 13.2. The molecule has 1 atom stereocenters. The van der Waals surface area contributed by atoms with Gasteiger partial charge in [-0.05, 0) is 78.0 Å². The third-order valence-corrected chi connectivity index (χ3v) is 5.70. The largest absolute Gasteiger partial charge is 0.497 e. The maximum atomic E-state index is 13.2. The summed E-state index contributed by atoms with van der Waals surface area (Å²) in [6.45, 7) is 7.93. The lowest BCUT2D eigenvalue weighted by atomic mass is 10.1. The van der Waals surface area contributed by atoms with Gasteiger partial charge in [-0.25, -0.2) is 0 Å². The minimum absolute atomic E-state index is 0.0150. The smallest absolute Gasteiger partial charge is 0.261 e. The highest BCUT2D eigenvalue weighted by atomic mass is 79.9. The molecule has 6 nitrogen and oxygen atoms in total. The van der Waals surface area contributed by atoms with Gasteiger partial charge in [0.25, 0.3) is 5.91 Å². The zero-order valence-electron chi connectivity index (χ0n) is 19.5. The number of nitrogens with one attached hydrogen (secondary N) is 1. The first-order chi connectivity index (χ1) is 15.3. The van der Waals surface area contributed by atoms with E-state index in [9.17, 15) is 9.59 Å². The van der Waals surface area contributed by atoms with Gasteiger partial charge in [-0.3, -0.25) is 9.59 Å². The number of hydrogen-bond acceptors (Lipinski definition) is 4. The number of hydrogen-bond donors (Lipinski definition) is 1. The summed E-state index contributed by atoms with van der Waals surface area (Å²) in [5.41, 5.74) is 2.08. The second-order valence-electron chi connectivity index (χ2n) is 7.86. The van der Waals surface area contributed by atoms with Crippen LogP contribution in [0, 0.1) is 0 Å². The summed E-state index contributed by atoms with van der Waals surface area (Å²) in [6.07, 6.45) is 1.41. The summed E-state index contributed by atoms with van der Waals surface area (Å²) >= 11 is 3.51. The van der Waals surface area contributed by atoms with Crippen molar-refractivity contribution in [3.05, 3.63) is 58.1 Å². The van der Waals surface area contributed by atoms with Crippen molar-refractivity contribution in [3.63, 3.8) is 0 Å². The molecule has 0 saturated carbocycles. The standard InChI is InChI=1S/C25H33BrN2O4/c1-6-18-10-13-23(21(26)14-18)32-16-24(29)28(22(7-2)25(30)27-17(3)4)15-19-8-11-20(31-5)12-9-19/h8-14,17,22H,6-7,15-16H2,1-5H3,(H,27,30)/t22-/m1/s1. The second-order valence-corrected chi connectivity index (χ2v) is 8.72. The highest BCUT2D eigenvalue weighted by molar-refractivity contribution is 9.10. The quantitative estimate of drug-likeness (QED) is 0.480. The van der Waals surface area contributed by atoms with Crippen molar-refractivity contribution in [1.82, 2.24) is 10.2 Å². The van der Waals surface area contributed by atoms with E-state index < -0.39 is 6.04 Å². The summed E-state index contributed by atoms with van der Waals surface area (Å²) in [5, 5.41) is 2.93. The Morgan fingerprint density at radius 1 is 1.06 bits per heavy atom. The predicted octanol–water partition coefficient (Wildman–Crippen LogP) is 4.73. The monoisotopic (exact) mass is 504 g/mol. The van der Waals surface area contributed by atoms with Crippen molar-refractivity contribution < 1.29 is 19.1 Å². The first-order valence-corrected chi connectivity index (χ1v) is 11.7. The molecular formula is C25H33BrN2O4. The summed E-state index contributed by atoms with van der Waals surface area (Å²) in [7, 11) is 1.61. The van der Waals surface area contributed by atoms with Gasteiger partial charge >= 0.3 is 0 Å². The van der Waals surface area contributed by atoms with Gasteiger partial charge in [0.15, 0.2) is 6.61 Å². The number of ether oxygens (including phenoxy) is 2. The molecule has 0 fully saturated rings. The molecule has 0 radical (unpaired) electrons. The lowest BCUT2D eigenvalue weighted by Crippen LogP contribution is -2.51. The fraction of sp³-hybridized carbons (Fsp3) is 0.440. The van der Waals surface area contributed by atoms with Crippen LogP contribution in [-0.4, -0.2) is 42.5 Å². The van der Waals surface area contributed by atoms with Crippen LogP contribution in [0.25, 0.3) is 0 Å². The van der Waals surface area contributed by atoms with Crippen molar-refractivity contribution >= 4 is 27.7 Å². The van der Waals surface area contributed by atoms with E-state index in [1.165, 1.54) is 5.56 Å². The van der Waals surface area contributed by atoms with Crippen LogP contribution in [0.15, 0.2) is 46.9 Å². The van der Waals surface area contributed by atoms with E-state index in [1.54, 1.807) is 12.0 Å². The minimum atomic E-state index is -0.596. The van der Waals surface area contributed by atoms with Crippen LogP contribution < -0.4 is 14.8 Å². The van der Waals surface area contributed by atoms with Crippen LogP contribution in [0.4, 0.5) is 0 Å². The van der Waals surface area contributed by atoms with Crippen LogP contribution in [0.2, 0.25) is 0 Å². The zero-order valence-corrected chi connectivity index (χ0v) is 21.1. The van der Waals surface area contributed by atoms with Crippen molar-refractivity contribution in [2.45, 2.75) is 59.2 Å². The highest BCUT2D eigenvalue weighted by Gasteiger charge is 2.29. The molecule has 2 aromatic rings. The molecule has 2 rings (SSSR count). The van der Waals surface area contributed by atoms with Crippen LogP contribution in [0.3, 0.4) is 0 Å². The van der Waals surface area contributed by atoms with E-state index in [4.69, 9.17) is 9.47 Å². The van der Waals surface area contributed by atoms with Gasteiger partial charge in [-0.1, -0.05) is 32.0 Å². The number of nitrogens with zero attached hydrogens (tertiary/aromatic N) is 1. The number of benzene rings is 2. The van der Waals surface area contributed by atoms with Gasteiger partial charge in [-0.15, -0.1) is 0 Å². The zero-order chi connectivity index (χ0) is 23.7. The molecule has 7 heteroatoms. The molecule has 0 aliphatic heterocycles. The lowest BCUT2D eigenvalue weighted by Gasteiger charge is -2.31. The molecule has 174 valence electrons.